The maximum Gasteiger partial charge on any atom is 0.411 e. The molecule has 1 saturated heterocycles. The highest BCUT2D eigenvalue weighted by atomic mass is 16.6. The number of ether oxygens (including phenoxy) is 2. The van der Waals surface area contributed by atoms with Crippen molar-refractivity contribution in [2.45, 2.75) is 39.3 Å². The van der Waals surface area contributed by atoms with Gasteiger partial charge in [-0.2, -0.15) is 0 Å². The summed E-state index contributed by atoms with van der Waals surface area (Å²) in [5.41, 5.74) is -0.545. The van der Waals surface area contributed by atoms with Crippen molar-refractivity contribution < 1.29 is 19.1 Å². The summed E-state index contributed by atoms with van der Waals surface area (Å²) in [5.74, 6) is -0.260. The molecule has 1 aliphatic heterocycles. The van der Waals surface area contributed by atoms with Gasteiger partial charge in [0.1, 0.15) is 11.6 Å². The van der Waals surface area contributed by atoms with Crippen molar-refractivity contribution in [3.63, 3.8) is 0 Å². The summed E-state index contributed by atoms with van der Waals surface area (Å²) in [6.45, 7) is 7.82. The van der Waals surface area contributed by atoms with Gasteiger partial charge in [-0.3, -0.25) is 4.90 Å². The molecule has 0 spiro atoms. The molecule has 92 valence electrons. The van der Waals surface area contributed by atoms with Gasteiger partial charge in [0.25, 0.3) is 0 Å². The third-order valence-corrected chi connectivity index (χ3v) is 2.43. The summed E-state index contributed by atoms with van der Waals surface area (Å²) < 4.78 is 9.84. The maximum atomic E-state index is 11.7. The van der Waals surface area contributed by atoms with Crippen molar-refractivity contribution in [2.24, 2.45) is 5.92 Å². The van der Waals surface area contributed by atoms with Crippen molar-refractivity contribution in [1.29, 1.82) is 0 Å². The normalized spacial score (nSPS) is 24.7. The molecule has 1 heterocycles. The Morgan fingerprint density at radius 1 is 1.31 bits per heavy atom. The minimum Gasteiger partial charge on any atom is -0.467 e. The van der Waals surface area contributed by atoms with Crippen LogP contribution in [0.15, 0.2) is 0 Å². The van der Waals surface area contributed by atoms with E-state index in [1.807, 2.05) is 6.92 Å². The lowest BCUT2D eigenvalue weighted by Gasteiger charge is -2.44. The Bertz CT molecular complexity index is 295. The maximum absolute atomic E-state index is 11.7. The molecule has 0 bridgehead atoms. The van der Waals surface area contributed by atoms with Gasteiger partial charge in [0.2, 0.25) is 0 Å². The second kappa shape index (κ2) is 4.31. The molecule has 1 rings (SSSR count). The topological polar surface area (TPSA) is 55.8 Å². The second-order valence-corrected chi connectivity index (χ2v) is 5.08. The van der Waals surface area contributed by atoms with Crippen LogP contribution in [0.3, 0.4) is 0 Å². The van der Waals surface area contributed by atoms with Crippen molar-refractivity contribution in [1.82, 2.24) is 4.90 Å². The molecule has 0 saturated carbocycles. The highest BCUT2D eigenvalue weighted by Gasteiger charge is 2.46. The molecule has 0 aliphatic carbocycles. The lowest BCUT2D eigenvalue weighted by Crippen LogP contribution is -2.62. The molecule has 5 heteroatoms. The van der Waals surface area contributed by atoms with E-state index in [0.29, 0.717) is 6.54 Å². The third-order valence-electron chi connectivity index (χ3n) is 2.43. The van der Waals surface area contributed by atoms with E-state index in [9.17, 15) is 9.59 Å². The average Bonchev–Trinajstić information content (AvgIpc) is 2.10. The monoisotopic (exact) mass is 229 g/mol. The largest absolute Gasteiger partial charge is 0.467 e. The Morgan fingerprint density at radius 3 is 2.25 bits per heavy atom. The van der Waals surface area contributed by atoms with E-state index in [4.69, 9.17) is 4.74 Å². The first kappa shape index (κ1) is 12.8. The molecule has 16 heavy (non-hydrogen) atoms. The number of hydrogen-bond acceptors (Lipinski definition) is 4. The van der Waals surface area contributed by atoms with Gasteiger partial charge < -0.3 is 9.47 Å². The SMILES string of the molecule is COC(=O)[C@H]1[C@H](C)CN1C(=O)OC(C)(C)C. The summed E-state index contributed by atoms with van der Waals surface area (Å²) in [5, 5.41) is 0. The number of amides is 1. The van der Waals surface area contributed by atoms with Crippen molar-refractivity contribution in [3.05, 3.63) is 0 Å². The van der Waals surface area contributed by atoms with E-state index in [-0.39, 0.29) is 11.9 Å². The number of nitrogens with zero attached hydrogens (tertiary/aromatic N) is 1. The van der Waals surface area contributed by atoms with Crippen LogP contribution < -0.4 is 0 Å². The quantitative estimate of drug-likeness (QED) is 0.638. The Morgan fingerprint density at radius 2 is 1.88 bits per heavy atom. The first-order valence-electron chi connectivity index (χ1n) is 5.33. The van der Waals surface area contributed by atoms with Gasteiger partial charge in [-0.15, -0.1) is 0 Å². The fraction of sp³-hybridized carbons (Fsp3) is 0.818. The number of carbonyl (C=O) groups is 2. The van der Waals surface area contributed by atoms with Gasteiger partial charge >= 0.3 is 12.1 Å². The van der Waals surface area contributed by atoms with Crippen LogP contribution in [-0.4, -0.2) is 42.3 Å². The van der Waals surface area contributed by atoms with Crippen molar-refractivity contribution in [2.75, 3.05) is 13.7 Å². The zero-order valence-corrected chi connectivity index (χ0v) is 10.4. The van der Waals surface area contributed by atoms with Crippen LogP contribution >= 0.6 is 0 Å². The molecule has 1 aliphatic rings. The Labute approximate surface area is 95.7 Å². The van der Waals surface area contributed by atoms with Crippen LogP contribution in [0, 0.1) is 5.92 Å². The van der Waals surface area contributed by atoms with Gasteiger partial charge in [0, 0.05) is 12.5 Å². The highest BCUT2D eigenvalue weighted by Crippen LogP contribution is 2.27. The Kier molecular flexibility index (Phi) is 3.45. The molecule has 0 radical (unpaired) electrons. The van der Waals surface area contributed by atoms with E-state index in [0.717, 1.165) is 0 Å². The summed E-state index contributed by atoms with van der Waals surface area (Å²) in [6, 6.07) is -0.500. The van der Waals surface area contributed by atoms with Crippen molar-refractivity contribution in [3.8, 4) is 0 Å². The number of likely N-dealkylation sites (tertiary alicyclic amines) is 1. The lowest BCUT2D eigenvalue weighted by molar-refractivity contribution is -0.155. The standard InChI is InChI=1S/C11H19NO4/c1-7-6-12(8(7)9(13)15-5)10(14)16-11(2,3)4/h7-8H,6H2,1-5H3/t7-,8-/m1/s1. The molecule has 1 fully saturated rings. The van der Waals surface area contributed by atoms with Gasteiger partial charge in [0.15, 0.2) is 0 Å². The van der Waals surface area contributed by atoms with Crippen LogP contribution in [0.5, 0.6) is 0 Å². The van der Waals surface area contributed by atoms with E-state index in [1.54, 1.807) is 20.8 Å². The molecule has 0 aromatic rings. The molecule has 0 aromatic heterocycles. The van der Waals surface area contributed by atoms with Crippen LogP contribution in [-0.2, 0) is 14.3 Å². The molecule has 2 atom stereocenters. The predicted molar refractivity (Wildman–Crippen MR) is 57.9 cm³/mol. The van der Waals surface area contributed by atoms with Crippen LogP contribution in [0.1, 0.15) is 27.7 Å². The predicted octanol–water partition coefficient (Wildman–Crippen LogP) is 1.41. The molecular weight excluding hydrogens is 210 g/mol. The molecule has 5 nitrogen and oxygen atoms in total. The van der Waals surface area contributed by atoms with Gasteiger partial charge in [-0.25, -0.2) is 9.59 Å². The summed E-state index contributed by atoms with van der Waals surface area (Å²) in [7, 11) is 1.32. The number of carbonyl (C=O) groups excluding carboxylic acids is 2. The number of methoxy groups -OCH3 is 1. The Hall–Kier alpha value is -1.26. The lowest BCUT2D eigenvalue weighted by atomic mass is 9.91. The molecule has 0 unspecified atom stereocenters. The van der Waals surface area contributed by atoms with Crippen LogP contribution in [0.4, 0.5) is 4.79 Å². The molecule has 0 N–H and O–H groups in total. The zero-order chi connectivity index (χ0) is 12.5. The second-order valence-electron chi connectivity index (χ2n) is 5.08. The van der Waals surface area contributed by atoms with Crippen LogP contribution in [0.2, 0.25) is 0 Å². The Balaban J connectivity index is 2.62. The summed E-state index contributed by atoms with van der Waals surface area (Å²) in [6.07, 6.45) is -0.457. The minimum atomic E-state index is -0.545. The molecular formula is C11H19NO4. The smallest absolute Gasteiger partial charge is 0.411 e. The summed E-state index contributed by atoms with van der Waals surface area (Å²) >= 11 is 0. The van der Waals surface area contributed by atoms with Crippen LogP contribution in [0.25, 0.3) is 0 Å². The third kappa shape index (κ3) is 2.65. The van der Waals surface area contributed by atoms with E-state index >= 15 is 0 Å². The number of rotatable bonds is 1. The fourth-order valence-electron chi connectivity index (χ4n) is 1.68. The van der Waals surface area contributed by atoms with Gasteiger partial charge in [-0.05, 0) is 20.8 Å². The van der Waals surface area contributed by atoms with Gasteiger partial charge in [0.05, 0.1) is 7.11 Å². The molecule has 1 amide bonds. The van der Waals surface area contributed by atoms with Crippen molar-refractivity contribution >= 4 is 12.1 Å². The number of hydrogen-bond donors (Lipinski definition) is 0. The number of esters is 1. The van der Waals surface area contributed by atoms with E-state index in [2.05, 4.69) is 4.74 Å². The first-order valence-corrected chi connectivity index (χ1v) is 5.33. The van der Waals surface area contributed by atoms with E-state index in [1.165, 1.54) is 12.0 Å². The summed E-state index contributed by atoms with van der Waals surface area (Å²) in [4.78, 5) is 24.5. The fourth-order valence-corrected chi connectivity index (χ4v) is 1.68. The first-order chi connectivity index (χ1) is 7.26. The van der Waals surface area contributed by atoms with Gasteiger partial charge in [-0.1, -0.05) is 6.92 Å². The van der Waals surface area contributed by atoms with E-state index < -0.39 is 17.7 Å². The molecule has 0 aromatic carbocycles. The highest BCUT2D eigenvalue weighted by molar-refractivity contribution is 5.83. The average molecular weight is 229 g/mol. The minimum absolute atomic E-state index is 0.125. The zero-order valence-electron chi connectivity index (χ0n) is 10.4.